The van der Waals surface area contributed by atoms with Crippen molar-refractivity contribution in [3.8, 4) is 0 Å². The topological polar surface area (TPSA) is 114 Å². The number of alkyl halides is 2. The van der Waals surface area contributed by atoms with Crippen LogP contribution in [0.2, 0.25) is 0 Å². The fourth-order valence-corrected chi connectivity index (χ4v) is 2.56. The number of nitrogens with two attached hydrogens (primary N) is 1. The molecule has 0 aliphatic carbocycles. The fourth-order valence-electron chi connectivity index (χ4n) is 2.56. The van der Waals surface area contributed by atoms with Crippen LogP contribution in [0.1, 0.15) is 46.6 Å². The maximum absolute atomic E-state index is 14.6. The fraction of sp³-hybridized carbons (Fsp3) is 0.600. The molecule has 0 fully saturated rings. The summed E-state index contributed by atoms with van der Waals surface area (Å²) in [7, 11) is 0. The van der Waals surface area contributed by atoms with Crippen molar-refractivity contribution in [2.45, 2.75) is 71.3 Å². The summed E-state index contributed by atoms with van der Waals surface area (Å²) in [6, 6.07) is 4.98. The predicted octanol–water partition coefficient (Wildman–Crippen LogP) is 2.82. The van der Waals surface area contributed by atoms with Crippen LogP contribution in [-0.2, 0) is 16.1 Å². The molecule has 0 spiro atoms. The summed E-state index contributed by atoms with van der Waals surface area (Å²) >= 11 is 0. The van der Waals surface area contributed by atoms with Crippen molar-refractivity contribution in [2.24, 2.45) is 5.92 Å². The van der Waals surface area contributed by atoms with Crippen molar-refractivity contribution in [2.75, 3.05) is 5.73 Å². The lowest BCUT2D eigenvalue weighted by Crippen LogP contribution is -2.58. The van der Waals surface area contributed by atoms with E-state index in [1.807, 2.05) is 0 Å². The van der Waals surface area contributed by atoms with Gasteiger partial charge in [-0.15, -0.1) is 0 Å². The molecular weight excluding hydrogens is 384 g/mol. The van der Waals surface area contributed by atoms with Gasteiger partial charge in [-0.25, -0.2) is 4.79 Å². The third kappa shape index (κ3) is 8.23. The van der Waals surface area contributed by atoms with Crippen LogP contribution < -0.4 is 16.4 Å². The van der Waals surface area contributed by atoms with E-state index in [0.717, 1.165) is 0 Å². The lowest BCUT2D eigenvalue weighted by molar-refractivity contribution is -0.167. The molecule has 2 amide bonds. The van der Waals surface area contributed by atoms with Gasteiger partial charge >= 0.3 is 12.0 Å². The standard InChI is InChI=1S/C20H31F2N3O4/c1-12(2)10-15(25-18(28)29-19(3,4)5)16(26)20(21,22)17(27)24-11-13-6-8-14(23)9-7-13/h6-9,12,15-16,26H,10-11,23H2,1-5H3,(H,24,27)(H,25,28)/t15-,16+/m0/s1. The Morgan fingerprint density at radius 1 is 1.17 bits per heavy atom. The third-order valence-electron chi connectivity index (χ3n) is 3.92. The molecule has 2 atom stereocenters. The number of carbonyl (C=O) groups is 2. The maximum atomic E-state index is 14.6. The second-order valence-corrected chi connectivity index (χ2v) is 8.37. The molecule has 29 heavy (non-hydrogen) atoms. The van der Waals surface area contributed by atoms with Gasteiger partial charge in [-0.1, -0.05) is 26.0 Å². The summed E-state index contributed by atoms with van der Waals surface area (Å²) in [4.78, 5) is 24.1. The minimum Gasteiger partial charge on any atom is -0.444 e. The number of ether oxygens (including phenoxy) is 1. The number of benzene rings is 1. The zero-order valence-corrected chi connectivity index (χ0v) is 17.5. The van der Waals surface area contributed by atoms with E-state index in [9.17, 15) is 23.5 Å². The van der Waals surface area contributed by atoms with Crippen LogP contribution in [0.5, 0.6) is 0 Å². The quantitative estimate of drug-likeness (QED) is 0.488. The molecule has 1 rings (SSSR count). The maximum Gasteiger partial charge on any atom is 0.407 e. The molecule has 0 bridgehead atoms. The van der Waals surface area contributed by atoms with Crippen molar-refractivity contribution in [3.05, 3.63) is 29.8 Å². The van der Waals surface area contributed by atoms with E-state index in [-0.39, 0.29) is 18.9 Å². The molecule has 0 heterocycles. The van der Waals surface area contributed by atoms with E-state index in [0.29, 0.717) is 11.3 Å². The first-order valence-electron chi connectivity index (χ1n) is 9.40. The van der Waals surface area contributed by atoms with E-state index >= 15 is 0 Å². The number of nitrogen functional groups attached to an aromatic ring is 1. The highest BCUT2D eigenvalue weighted by Gasteiger charge is 2.50. The molecule has 0 aliphatic heterocycles. The van der Waals surface area contributed by atoms with Crippen molar-refractivity contribution < 1.29 is 28.2 Å². The molecule has 0 aromatic heterocycles. The summed E-state index contributed by atoms with van der Waals surface area (Å²) in [5.74, 6) is -5.89. The monoisotopic (exact) mass is 415 g/mol. The molecule has 1 aromatic rings. The third-order valence-corrected chi connectivity index (χ3v) is 3.92. The lowest BCUT2D eigenvalue weighted by atomic mass is 9.95. The Balaban J connectivity index is 2.84. The number of aliphatic hydroxyl groups excluding tert-OH is 1. The van der Waals surface area contributed by atoms with Crippen LogP contribution in [0.25, 0.3) is 0 Å². The second kappa shape index (κ2) is 9.87. The predicted molar refractivity (Wildman–Crippen MR) is 106 cm³/mol. The number of rotatable bonds is 8. The van der Waals surface area contributed by atoms with Gasteiger partial charge in [0.1, 0.15) is 11.7 Å². The zero-order valence-electron chi connectivity index (χ0n) is 17.5. The SMILES string of the molecule is CC(C)C[C@H](NC(=O)OC(C)(C)C)[C@@H](O)C(F)(F)C(=O)NCc1ccc(N)cc1. The van der Waals surface area contributed by atoms with E-state index in [4.69, 9.17) is 10.5 Å². The van der Waals surface area contributed by atoms with Crippen LogP contribution in [0.4, 0.5) is 19.3 Å². The minimum absolute atomic E-state index is 0.0290. The average molecular weight is 415 g/mol. The molecule has 0 radical (unpaired) electrons. The van der Waals surface area contributed by atoms with E-state index in [1.54, 1.807) is 58.9 Å². The van der Waals surface area contributed by atoms with Crippen LogP contribution in [0.3, 0.4) is 0 Å². The normalized spacial score (nSPS) is 14.2. The summed E-state index contributed by atoms with van der Waals surface area (Å²) in [5.41, 5.74) is 5.80. The molecule has 9 heteroatoms. The molecule has 0 saturated carbocycles. The average Bonchev–Trinajstić information content (AvgIpc) is 2.57. The summed E-state index contributed by atoms with van der Waals surface area (Å²) in [6.45, 7) is 8.21. The number of halogens is 2. The highest BCUT2D eigenvalue weighted by atomic mass is 19.3. The van der Waals surface area contributed by atoms with E-state index < -0.39 is 35.7 Å². The Labute approximate surface area is 170 Å². The highest BCUT2D eigenvalue weighted by Crippen LogP contribution is 2.25. The number of alkyl carbamates (subject to hydrolysis) is 1. The first-order valence-corrected chi connectivity index (χ1v) is 9.40. The summed E-state index contributed by atoms with van der Waals surface area (Å²) in [6.07, 6.45) is -3.34. The van der Waals surface area contributed by atoms with Gasteiger partial charge in [0.2, 0.25) is 0 Å². The first kappa shape index (κ1) is 24.6. The number of hydrogen-bond acceptors (Lipinski definition) is 5. The number of anilines is 1. The van der Waals surface area contributed by atoms with Gasteiger partial charge in [0.25, 0.3) is 5.91 Å². The van der Waals surface area contributed by atoms with Crippen molar-refractivity contribution in [1.82, 2.24) is 10.6 Å². The molecule has 1 aromatic carbocycles. The summed E-state index contributed by atoms with van der Waals surface area (Å²) in [5, 5.41) is 14.6. The Hall–Kier alpha value is -2.42. The van der Waals surface area contributed by atoms with Crippen molar-refractivity contribution >= 4 is 17.7 Å². The van der Waals surface area contributed by atoms with Crippen LogP contribution >= 0.6 is 0 Å². The molecule has 7 nitrogen and oxygen atoms in total. The van der Waals surface area contributed by atoms with Gasteiger partial charge in [-0.2, -0.15) is 8.78 Å². The highest BCUT2D eigenvalue weighted by molar-refractivity contribution is 5.84. The summed E-state index contributed by atoms with van der Waals surface area (Å²) < 4.78 is 34.3. The van der Waals surface area contributed by atoms with Gasteiger partial charge < -0.3 is 26.2 Å². The van der Waals surface area contributed by atoms with Gasteiger partial charge in [-0.05, 0) is 50.8 Å². The van der Waals surface area contributed by atoms with Crippen LogP contribution in [0.15, 0.2) is 24.3 Å². The largest absolute Gasteiger partial charge is 0.444 e. The number of aliphatic hydroxyl groups is 1. The Morgan fingerprint density at radius 3 is 2.21 bits per heavy atom. The Morgan fingerprint density at radius 2 is 1.72 bits per heavy atom. The van der Waals surface area contributed by atoms with Gasteiger partial charge in [0.05, 0.1) is 6.04 Å². The number of carbonyl (C=O) groups excluding carboxylic acids is 2. The molecule has 164 valence electrons. The number of nitrogens with one attached hydrogen (secondary N) is 2. The van der Waals surface area contributed by atoms with Gasteiger partial charge in [0.15, 0.2) is 0 Å². The van der Waals surface area contributed by atoms with Gasteiger partial charge in [0, 0.05) is 12.2 Å². The smallest absolute Gasteiger partial charge is 0.407 e. The molecule has 0 aliphatic rings. The number of amides is 2. The van der Waals surface area contributed by atoms with E-state index in [2.05, 4.69) is 10.6 Å². The first-order chi connectivity index (χ1) is 13.2. The Bertz CT molecular complexity index is 688. The van der Waals surface area contributed by atoms with Crippen LogP contribution in [0, 0.1) is 5.92 Å². The second-order valence-electron chi connectivity index (χ2n) is 8.37. The van der Waals surface area contributed by atoms with Crippen molar-refractivity contribution in [3.63, 3.8) is 0 Å². The van der Waals surface area contributed by atoms with Gasteiger partial charge in [-0.3, -0.25) is 4.79 Å². The molecule has 0 unspecified atom stereocenters. The Kier molecular flexibility index (Phi) is 8.37. The lowest BCUT2D eigenvalue weighted by Gasteiger charge is -2.31. The molecular formula is C20H31F2N3O4. The molecule has 5 N–H and O–H groups in total. The van der Waals surface area contributed by atoms with Crippen molar-refractivity contribution in [1.29, 1.82) is 0 Å². The molecule has 0 saturated heterocycles. The number of hydrogen-bond donors (Lipinski definition) is 4. The zero-order chi connectivity index (χ0) is 22.4. The van der Waals surface area contributed by atoms with Crippen LogP contribution in [-0.4, -0.2) is 40.8 Å². The van der Waals surface area contributed by atoms with E-state index in [1.165, 1.54) is 0 Å². The minimum atomic E-state index is -4.12.